The molecule has 15 nitrogen and oxygen atoms in total. The molecule has 0 spiro atoms. The molecule has 0 unspecified atom stereocenters. The standard InChI is InChI=1S/C21H29NO14S/c23-7-11-14(26)15(27)17(29)20(34-11)36-19-12(8-24)35-21(18(30)16(19)28)37-6-5-13(25)33-10-3-1-9(2-4-10)22(31)32/h1-4,11-12,14-21,23-24,26-30H,5-8H2/t11-,12-,14-,15+,16-,17-,18-,19-,20+,21+/m1/s1. The van der Waals surface area contributed by atoms with Crippen LogP contribution in [0.1, 0.15) is 6.42 Å². The van der Waals surface area contributed by atoms with Crippen molar-refractivity contribution in [3.63, 3.8) is 0 Å². The van der Waals surface area contributed by atoms with Crippen LogP contribution in [0.3, 0.4) is 0 Å². The average molecular weight is 552 g/mol. The van der Waals surface area contributed by atoms with Crippen LogP contribution in [0.5, 0.6) is 5.75 Å². The molecule has 37 heavy (non-hydrogen) atoms. The predicted octanol–water partition coefficient (Wildman–Crippen LogP) is -2.75. The second-order valence-electron chi connectivity index (χ2n) is 8.35. The highest BCUT2D eigenvalue weighted by atomic mass is 32.2. The number of nitrogens with zero attached hydrogens (tertiary/aromatic N) is 1. The first kappa shape index (κ1) is 29.6. The maximum Gasteiger partial charge on any atom is 0.312 e. The van der Waals surface area contributed by atoms with Gasteiger partial charge in [-0.1, -0.05) is 0 Å². The molecule has 2 aliphatic rings. The number of ether oxygens (including phenoxy) is 4. The van der Waals surface area contributed by atoms with Crippen LogP contribution in [0.15, 0.2) is 24.3 Å². The summed E-state index contributed by atoms with van der Waals surface area (Å²) < 4.78 is 21.4. The monoisotopic (exact) mass is 551 g/mol. The van der Waals surface area contributed by atoms with Gasteiger partial charge in [0.1, 0.15) is 60.0 Å². The summed E-state index contributed by atoms with van der Waals surface area (Å²) in [4.78, 5) is 22.2. The van der Waals surface area contributed by atoms with E-state index in [2.05, 4.69) is 0 Å². The Morgan fingerprint density at radius 2 is 1.57 bits per heavy atom. The number of rotatable bonds is 10. The Bertz CT molecular complexity index is 902. The Hall–Kier alpha value is -1.96. The molecule has 1 aromatic rings. The number of nitro groups is 1. The van der Waals surface area contributed by atoms with Crippen LogP contribution in [-0.4, -0.2) is 126 Å². The zero-order valence-electron chi connectivity index (χ0n) is 19.3. The molecule has 2 fully saturated rings. The molecule has 2 aliphatic heterocycles. The van der Waals surface area contributed by atoms with E-state index in [1.54, 1.807) is 0 Å². The molecule has 0 saturated carbocycles. The third kappa shape index (κ3) is 7.12. The largest absolute Gasteiger partial charge is 0.426 e. The number of hydrogen-bond acceptors (Lipinski definition) is 15. The summed E-state index contributed by atoms with van der Waals surface area (Å²) in [6.07, 6.45) is -14.0. The van der Waals surface area contributed by atoms with Crippen LogP contribution >= 0.6 is 11.8 Å². The Balaban J connectivity index is 1.53. The van der Waals surface area contributed by atoms with Crippen LogP contribution in [0.2, 0.25) is 0 Å². The SMILES string of the molecule is O=C(CCS[C@@H]1O[C@H](CO)[C@@H](O[C@@H]2O[C@H](CO)[C@@H](O)[C@H](O)[C@H]2O)[C@H](O)[C@H]1O)Oc1ccc([N+](=O)[O-])cc1. The van der Waals surface area contributed by atoms with Crippen molar-refractivity contribution in [2.75, 3.05) is 19.0 Å². The summed E-state index contributed by atoms with van der Waals surface area (Å²) in [7, 11) is 0. The molecule has 0 aromatic heterocycles. The smallest absolute Gasteiger partial charge is 0.312 e. The van der Waals surface area contributed by atoms with Gasteiger partial charge in [-0.3, -0.25) is 14.9 Å². The molecule has 16 heteroatoms. The lowest BCUT2D eigenvalue weighted by molar-refractivity contribution is -0.384. The van der Waals surface area contributed by atoms with Crippen molar-refractivity contribution in [3.05, 3.63) is 34.4 Å². The zero-order chi connectivity index (χ0) is 27.3. The number of aliphatic hydroxyl groups excluding tert-OH is 7. The minimum atomic E-state index is -1.77. The third-order valence-corrected chi connectivity index (χ3v) is 6.99. The molecule has 2 saturated heterocycles. The normalized spacial score (nSPS) is 36.2. The summed E-state index contributed by atoms with van der Waals surface area (Å²) in [6, 6.07) is 4.91. The summed E-state index contributed by atoms with van der Waals surface area (Å²) in [6.45, 7) is -1.38. The fourth-order valence-corrected chi connectivity index (χ4v) is 4.87. The van der Waals surface area contributed by atoms with Gasteiger partial charge < -0.3 is 54.7 Å². The lowest BCUT2D eigenvalue weighted by atomic mass is 9.97. The first-order valence-corrected chi connectivity index (χ1v) is 12.3. The number of carbonyl (C=O) groups is 1. The second kappa shape index (κ2) is 13.2. The summed E-state index contributed by atoms with van der Waals surface area (Å²) in [5, 5.41) is 80.8. The number of benzene rings is 1. The van der Waals surface area contributed by atoms with E-state index >= 15 is 0 Å². The summed E-state index contributed by atoms with van der Waals surface area (Å²) in [5.41, 5.74) is -1.25. The minimum Gasteiger partial charge on any atom is -0.426 e. The molecule has 1 aromatic carbocycles. The molecule has 3 rings (SSSR count). The van der Waals surface area contributed by atoms with E-state index < -0.39 is 84.7 Å². The Morgan fingerprint density at radius 1 is 0.919 bits per heavy atom. The Morgan fingerprint density at radius 3 is 2.16 bits per heavy atom. The molecule has 0 bridgehead atoms. The molecule has 0 radical (unpaired) electrons. The van der Waals surface area contributed by atoms with Crippen molar-refractivity contribution in [2.45, 2.75) is 67.0 Å². The topological polar surface area (TPSA) is 239 Å². The summed E-state index contributed by atoms with van der Waals surface area (Å²) in [5.74, 6) is -0.468. The molecule has 0 aliphatic carbocycles. The van der Waals surface area contributed by atoms with Crippen LogP contribution in [0, 0.1) is 10.1 Å². The number of nitro benzene ring substituents is 1. The van der Waals surface area contributed by atoms with E-state index in [0.717, 1.165) is 11.8 Å². The van der Waals surface area contributed by atoms with Crippen LogP contribution in [0.4, 0.5) is 5.69 Å². The van der Waals surface area contributed by atoms with E-state index in [0.29, 0.717) is 0 Å². The lowest BCUT2D eigenvalue weighted by Gasteiger charge is -2.46. The second-order valence-corrected chi connectivity index (χ2v) is 9.56. The van der Waals surface area contributed by atoms with Crippen LogP contribution in [-0.2, 0) is 19.0 Å². The van der Waals surface area contributed by atoms with E-state index in [1.165, 1.54) is 24.3 Å². The van der Waals surface area contributed by atoms with Gasteiger partial charge in [-0.25, -0.2) is 0 Å². The van der Waals surface area contributed by atoms with Gasteiger partial charge in [0, 0.05) is 17.9 Å². The van der Waals surface area contributed by atoms with Gasteiger partial charge in [0.15, 0.2) is 6.29 Å². The fourth-order valence-electron chi connectivity index (χ4n) is 3.77. The highest BCUT2D eigenvalue weighted by molar-refractivity contribution is 7.99. The van der Waals surface area contributed by atoms with Gasteiger partial charge in [0.05, 0.1) is 24.6 Å². The summed E-state index contributed by atoms with van der Waals surface area (Å²) >= 11 is 0.951. The first-order valence-electron chi connectivity index (χ1n) is 11.2. The van der Waals surface area contributed by atoms with E-state index in [-0.39, 0.29) is 23.6 Å². The van der Waals surface area contributed by atoms with Crippen molar-refractivity contribution in [1.82, 2.24) is 0 Å². The van der Waals surface area contributed by atoms with E-state index in [4.69, 9.17) is 18.9 Å². The number of aliphatic hydroxyl groups is 7. The van der Waals surface area contributed by atoms with Gasteiger partial charge in [0.2, 0.25) is 0 Å². The number of thioether (sulfide) groups is 1. The first-order chi connectivity index (χ1) is 17.6. The maximum atomic E-state index is 12.1. The molecule has 7 N–H and O–H groups in total. The van der Waals surface area contributed by atoms with Gasteiger partial charge in [-0.2, -0.15) is 0 Å². The van der Waals surface area contributed by atoms with Crippen LogP contribution in [0.25, 0.3) is 0 Å². The molecular formula is C21H29NO14S. The molecule has 2 heterocycles. The molecule has 0 amide bonds. The number of esters is 1. The van der Waals surface area contributed by atoms with Crippen molar-refractivity contribution < 1.29 is 64.4 Å². The average Bonchev–Trinajstić information content (AvgIpc) is 2.88. The van der Waals surface area contributed by atoms with Gasteiger partial charge >= 0.3 is 5.97 Å². The van der Waals surface area contributed by atoms with Gasteiger partial charge in [0.25, 0.3) is 5.69 Å². The highest BCUT2D eigenvalue weighted by Gasteiger charge is 2.50. The zero-order valence-corrected chi connectivity index (χ0v) is 20.1. The lowest BCUT2D eigenvalue weighted by Crippen LogP contribution is -2.64. The van der Waals surface area contributed by atoms with Crippen molar-refractivity contribution >= 4 is 23.4 Å². The van der Waals surface area contributed by atoms with Gasteiger partial charge in [-0.15, -0.1) is 11.8 Å². The highest BCUT2D eigenvalue weighted by Crippen LogP contribution is 2.33. The Labute approximate surface area is 214 Å². The maximum absolute atomic E-state index is 12.1. The molecule has 208 valence electrons. The van der Waals surface area contributed by atoms with Crippen molar-refractivity contribution in [1.29, 1.82) is 0 Å². The fraction of sp³-hybridized carbons (Fsp3) is 0.667. The third-order valence-electron chi connectivity index (χ3n) is 5.83. The Kier molecular flexibility index (Phi) is 10.6. The molecular weight excluding hydrogens is 522 g/mol. The molecule has 10 atom stereocenters. The van der Waals surface area contributed by atoms with Crippen molar-refractivity contribution in [3.8, 4) is 5.75 Å². The predicted molar refractivity (Wildman–Crippen MR) is 122 cm³/mol. The number of non-ortho nitro benzene ring substituents is 1. The number of hydrogen-bond donors (Lipinski definition) is 7. The minimum absolute atomic E-state index is 0.0800. The quantitative estimate of drug-likeness (QED) is 0.0675. The van der Waals surface area contributed by atoms with E-state index in [1.807, 2.05) is 0 Å². The van der Waals surface area contributed by atoms with Crippen molar-refractivity contribution in [2.24, 2.45) is 0 Å². The van der Waals surface area contributed by atoms with Gasteiger partial charge in [-0.05, 0) is 12.1 Å². The number of carbonyl (C=O) groups excluding carboxylic acids is 1. The van der Waals surface area contributed by atoms with Crippen LogP contribution < -0.4 is 4.74 Å². The van der Waals surface area contributed by atoms with E-state index in [9.17, 15) is 50.7 Å².